The number of esters is 1. The number of hydrogen-bond donors (Lipinski definition) is 0. The molecule has 2 heteroatoms. The summed E-state index contributed by atoms with van der Waals surface area (Å²) in [5.41, 5.74) is 1.80. The molecule has 0 N–H and O–H groups in total. The Hall–Kier alpha value is -1.31. The molecule has 64 valence electrons. The second kappa shape index (κ2) is 3.90. The van der Waals surface area contributed by atoms with Crippen molar-refractivity contribution < 1.29 is 9.53 Å². The first-order chi connectivity index (χ1) is 5.74. The Labute approximate surface area is 72.2 Å². The fraction of sp³-hybridized carbons (Fsp3) is 0.300. The Kier molecular flexibility index (Phi) is 2.86. The minimum atomic E-state index is -0.269. The number of carbonyl (C=O) groups excluding carboxylic acids is 1. The zero-order valence-corrected chi connectivity index (χ0v) is 7.33. The van der Waals surface area contributed by atoms with E-state index in [1.54, 1.807) is 6.08 Å². The number of rotatable bonds is 1. The highest BCUT2D eigenvalue weighted by atomic mass is 16.5. The average Bonchev–Trinajstić information content (AvgIpc) is 2.29. The minimum Gasteiger partial charge on any atom is -0.465 e. The van der Waals surface area contributed by atoms with Gasteiger partial charge in [0.15, 0.2) is 0 Å². The number of methoxy groups -OCH3 is 1. The molecule has 0 aromatic heterocycles. The van der Waals surface area contributed by atoms with Gasteiger partial charge in [-0.15, -0.1) is 0 Å². The van der Waals surface area contributed by atoms with Crippen molar-refractivity contribution in [3.63, 3.8) is 0 Å². The van der Waals surface area contributed by atoms with E-state index in [0.717, 1.165) is 6.42 Å². The quantitative estimate of drug-likeness (QED) is 0.554. The van der Waals surface area contributed by atoms with Crippen molar-refractivity contribution >= 4 is 5.97 Å². The molecular formula is C10H12O2. The Bertz CT molecular complexity index is 270. The topological polar surface area (TPSA) is 26.3 Å². The second-order valence-corrected chi connectivity index (χ2v) is 2.67. The fourth-order valence-corrected chi connectivity index (χ4v) is 0.998. The summed E-state index contributed by atoms with van der Waals surface area (Å²) in [7, 11) is 1.39. The van der Waals surface area contributed by atoms with Crippen LogP contribution in [0.4, 0.5) is 0 Å². The first-order valence-corrected chi connectivity index (χ1v) is 3.87. The number of allylic oxidation sites excluding steroid dienone is 4. The van der Waals surface area contributed by atoms with E-state index in [1.807, 2.05) is 19.1 Å². The van der Waals surface area contributed by atoms with E-state index in [2.05, 4.69) is 10.8 Å². The molecule has 1 rings (SSSR count). The number of ether oxygens (including phenoxy) is 1. The highest BCUT2D eigenvalue weighted by Gasteiger charge is 2.05. The van der Waals surface area contributed by atoms with Crippen molar-refractivity contribution in [1.29, 1.82) is 0 Å². The molecule has 0 unspecified atom stereocenters. The van der Waals surface area contributed by atoms with Crippen LogP contribution in [-0.2, 0) is 9.53 Å². The van der Waals surface area contributed by atoms with Crippen LogP contribution in [0.1, 0.15) is 13.3 Å². The van der Waals surface area contributed by atoms with Gasteiger partial charge in [0.25, 0.3) is 0 Å². The normalized spacial score (nSPS) is 16.2. The first-order valence-electron chi connectivity index (χ1n) is 3.87. The lowest BCUT2D eigenvalue weighted by molar-refractivity contribution is -0.135. The monoisotopic (exact) mass is 164 g/mol. The molecule has 0 amide bonds. The minimum absolute atomic E-state index is 0.269. The van der Waals surface area contributed by atoms with Gasteiger partial charge >= 0.3 is 5.97 Å². The molecule has 0 saturated heterocycles. The molecule has 0 atom stereocenters. The third-order valence-electron chi connectivity index (χ3n) is 1.72. The van der Waals surface area contributed by atoms with Crippen molar-refractivity contribution in [3.05, 3.63) is 35.5 Å². The standard InChI is InChI=1S/C10H12O2/c1-8-4-3-5-9(7-6-8)10(11)12-2/h4-7H,3H2,1-2H3. The van der Waals surface area contributed by atoms with E-state index in [1.165, 1.54) is 12.7 Å². The van der Waals surface area contributed by atoms with E-state index < -0.39 is 0 Å². The summed E-state index contributed by atoms with van der Waals surface area (Å²) in [4.78, 5) is 11.1. The van der Waals surface area contributed by atoms with Gasteiger partial charge in [0.1, 0.15) is 0 Å². The molecule has 2 nitrogen and oxygen atoms in total. The van der Waals surface area contributed by atoms with Crippen LogP contribution in [0, 0.1) is 0 Å². The molecule has 1 aliphatic carbocycles. The zero-order valence-electron chi connectivity index (χ0n) is 7.33. The van der Waals surface area contributed by atoms with Crippen LogP contribution >= 0.6 is 0 Å². The van der Waals surface area contributed by atoms with Crippen LogP contribution in [0.3, 0.4) is 0 Å². The molecule has 12 heavy (non-hydrogen) atoms. The summed E-state index contributed by atoms with van der Waals surface area (Å²) in [6.45, 7) is 2.00. The van der Waals surface area contributed by atoms with Gasteiger partial charge in [-0.2, -0.15) is 0 Å². The van der Waals surface area contributed by atoms with E-state index in [-0.39, 0.29) is 5.97 Å². The lowest BCUT2D eigenvalue weighted by Gasteiger charge is -1.96. The Morgan fingerprint density at radius 1 is 1.42 bits per heavy atom. The lowest BCUT2D eigenvalue weighted by Crippen LogP contribution is -2.01. The third kappa shape index (κ3) is 2.09. The average molecular weight is 164 g/mol. The van der Waals surface area contributed by atoms with Gasteiger partial charge in [-0.05, 0) is 19.4 Å². The molecule has 0 radical (unpaired) electrons. The summed E-state index contributed by atoms with van der Waals surface area (Å²) in [5, 5.41) is 0. The summed E-state index contributed by atoms with van der Waals surface area (Å²) < 4.78 is 4.60. The van der Waals surface area contributed by atoms with Crippen molar-refractivity contribution in [2.75, 3.05) is 7.11 Å². The SMILES string of the molecule is COC(=O)C1=CCC=C(C)C=C1. The zero-order chi connectivity index (χ0) is 8.97. The molecule has 1 aliphatic rings. The maximum atomic E-state index is 11.1. The van der Waals surface area contributed by atoms with Gasteiger partial charge in [-0.1, -0.05) is 23.8 Å². The third-order valence-corrected chi connectivity index (χ3v) is 1.72. The summed E-state index contributed by atoms with van der Waals surface area (Å²) >= 11 is 0. The molecule has 0 bridgehead atoms. The Balaban J connectivity index is 2.77. The van der Waals surface area contributed by atoms with Crippen molar-refractivity contribution in [2.24, 2.45) is 0 Å². The van der Waals surface area contributed by atoms with Crippen LogP contribution in [0.5, 0.6) is 0 Å². The maximum Gasteiger partial charge on any atom is 0.337 e. The Morgan fingerprint density at radius 3 is 2.83 bits per heavy atom. The molecule has 0 aromatic rings. The number of hydrogen-bond acceptors (Lipinski definition) is 2. The molecular weight excluding hydrogens is 152 g/mol. The molecule has 0 fully saturated rings. The predicted octanol–water partition coefficient (Wildman–Crippen LogP) is 1.99. The summed E-state index contributed by atoms with van der Waals surface area (Å²) in [6, 6.07) is 0. The van der Waals surface area contributed by atoms with Crippen LogP contribution in [0.2, 0.25) is 0 Å². The molecule has 0 spiro atoms. The van der Waals surface area contributed by atoms with Gasteiger partial charge in [-0.25, -0.2) is 4.79 Å². The number of carbonyl (C=O) groups is 1. The van der Waals surface area contributed by atoms with Gasteiger partial charge in [0, 0.05) is 0 Å². The van der Waals surface area contributed by atoms with Crippen LogP contribution in [-0.4, -0.2) is 13.1 Å². The highest BCUT2D eigenvalue weighted by Crippen LogP contribution is 2.10. The molecule has 0 aromatic carbocycles. The maximum absolute atomic E-state index is 11.1. The van der Waals surface area contributed by atoms with Crippen molar-refractivity contribution in [1.82, 2.24) is 0 Å². The predicted molar refractivity (Wildman–Crippen MR) is 47.6 cm³/mol. The molecule has 0 saturated carbocycles. The van der Waals surface area contributed by atoms with Crippen molar-refractivity contribution in [3.8, 4) is 0 Å². The first kappa shape index (κ1) is 8.78. The van der Waals surface area contributed by atoms with E-state index in [4.69, 9.17) is 0 Å². The highest BCUT2D eigenvalue weighted by molar-refractivity contribution is 5.91. The van der Waals surface area contributed by atoms with E-state index in [9.17, 15) is 4.79 Å². The fourth-order valence-electron chi connectivity index (χ4n) is 0.998. The second-order valence-electron chi connectivity index (χ2n) is 2.67. The van der Waals surface area contributed by atoms with Gasteiger partial charge in [0.05, 0.1) is 12.7 Å². The smallest absolute Gasteiger partial charge is 0.337 e. The molecule has 0 heterocycles. The van der Waals surface area contributed by atoms with Crippen LogP contribution in [0.25, 0.3) is 0 Å². The van der Waals surface area contributed by atoms with Crippen LogP contribution < -0.4 is 0 Å². The summed E-state index contributed by atoms with van der Waals surface area (Å²) in [6.07, 6.45) is 8.41. The lowest BCUT2D eigenvalue weighted by atomic mass is 10.2. The van der Waals surface area contributed by atoms with E-state index in [0.29, 0.717) is 5.57 Å². The summed E-state index contributed by atoms with van der Waals surface area (Å²) in [5.74, 6) is -0.269. The van der Waals surface area contributed by atoms with Gasteiger partial charge in [0.2, 0.25) is 0 Å². The Morgan fingerprint density at radius 2 is 2.17 bits per heavy atom. The van der Waals surface area contributed by atoms with Gasteiger partial charge < -0.3 is 4.74 Å². The van der Waals surface area contributed by atoms with E-state index >= 15 is 0 Å². The van der Waals surface area contributed by atoms with Gasteiger partial charge in [-0.3, -0.25) is 0 Å². The molecule has 0 aliphatic heterocycles. The van der Waals surface area contributed by atoms with Crippen LogP contribution in [0.15, 0.2) is 35.5 Å². The largest absolute Gasteiger partial charge is 0.465 e. The van der Waals surface area contributed by atoms with Crippen molar-refractivity contribution in [2.45, 2.75) is 13.3 Å².